The molecule has 31 heavy (non-hydrogen) atoms. The third-order valence-electron chi connectivity index (χ3n) is 3.69. The lowest BCUT2D eigenvalue weighted by Gasteiger charge is -2.17. The first-order valence-corrected chi connectivity index (χ1v) is 10.2. The summed E-state index contributed by atoms with van der Waals surface area (Å²) in [5.74, 6) is -1.12. The van der Waals surface area contributed by atoms with E-state index in [1.807, 2.05) is 0 Å². The van der Waals surface area contributed by atoms with Crippen molar-refractivity contribution in [3.63, 3.8) is 0 Å². The number of nitrogens with one attached hydrogen (secondary N) is 1. The molecule has 0 saturated carbocycles. The number of carbonyl (C=O) groups excluding carboxylic acids is 1. The maximum absolute atomic E-state index is 13.9. The molecule has 1 aromatic heterocycles. The van der Waals surface area contributed by atoms with Crippen molar-refractivity contribution in [2.24, 2.45) is 0 Å². The van der Waals surface area contributed by atoms with Crippen LogP contribution in [0.3, 0.4) is 0 Å². The van der Waals surface area contributed by atoms with Crippen molar-refractivity contribution in [3.05, 3.63) is 33.4 Å². The Morgan fingerprint density at radius 2 is 1.84 bits per heavy atom. The van der Waals surface area contributed by atoms with Crippen molar-refractivity contribution in [3.8, 4) is 11.8 Å². The van der Waals surface area contributed by atoms with E-state index in [2.05, 4.69) is 10.4 Å². The van der Waals surface area contributed by atoms with E-state index < -0.39 is 43.4 Å². The summed E-state index contributed by atoms with van der Waals surface area (Å²) in [5, 5.41) is 14.6. The van der Waals surface area contributed by atoms with E-state index in [1.165, 1.54) is 14.0 Å². The fourth-order valence-electron chi connectivity index (χ4n) is 2.22. The van der Waals surface area contributed by atoms with Crippen LogP contribution < -0.4 is 5.32 Å². The number of halogens is 8. The van der Waals surface area contributed by atoms with Crippen LogP contribution in [0.4, 0.5) is 23.4 Å². The highest BCUT2D eigenvalue weighted by Gasteiger charge is 2.35. The molecule has 1 unspecified atom stereocenters. The van der Waals surface area contributed by atoms with Gasteiger partial charge in [0.05, 0.1) is 20.5 Å². The predicted octanol–water partition coefficient (Wildman–Crippen LogP) is 6.19. The molecule has 2 aromatic rings. The number of anilines is 1. The Kier molecular flexibility index (Phi) is 8.00. The standard InChI is InChI=1S/C16H10Cl4F4N4O2S/c1-6(30-2)14(29)26-13-12(31-16(19,20)24)10(5-25)27-28(13)11-8(17)3-7(4-9(11)18)15(21,22)23/h3-4,6H,1-2H3,(H,26,29). The molecule has 0 spiro atoms. The predicted molar refractivity (Wildman–Crippen MR) is 110 cm³/mol. The summed E-state index contributed by atoms with van der Waals surface area (Å²) in [6, 6.07) is 2.81. The molecule has 1 heterocycles. The van der Waals surface area contributed by atoms with Crippen LogP contribution in [0.15, 0.2) is 17.0 Å². The number of carbonyl (C=O) groups is 1. The van der Waals surface area contributed by atoms with E-state index in [0.29, 0.717) is 12.1 Å². The lowest BCUT2D eigenvalue weighted by molar-refractivity contribution is -0.137. The minimum absolute atomic E-state index is 0.111. The first-order valence-electron chi connectivity index (χ1n) is 7.88. The van der Waals surface area contributed by atoms with Crippen molar-refractivity contribution >= 4 is 69.9 Å². The fraction of sp³-hybridized carbons (Fsp3) is 0.312. The van der Waals surface area contributed by atoms with Gasteiger partial charge in [-0.2, -0.15) is 27.9 Å². The summed E-state index contributed by atoms with van der Waals surface area (Å²) in [7, 11) is 1.24. The normalized spacial score (nSPS) is 13.1. The van der Waals surface area contributed by atoms with Crippen molar-refractivity contribution in [1.29, 1.82) is 5.26 Å². The van der Waals surface area contributed by atoms with Crippen LogP contribution in [-0.2, 0) is 15.7 Å². The third kappa shape index (κ3) is 6.09. The van der Waals surface area contributed by atoms with Gasteiger partial charge in [-0.3, -0.25) is 4.79 Å². The van der Waals surface area contributed by atoms with Crippen molar-refractivity contribution in [2.75, 3.05) is 12.4 Å². The zero-order valence-corrected chi connectivity index (χ0v) is 19.2. The average molecular weight is 540 g/mol. The maximum atomic E-state index is 13.9. The third-order valence-corrected chi connectivity index (χ3v) is 5.55. The summed E-state index contributed by atoms with van der Waals surface area (Å²) in [5.41, 5.74) is -1.91. The van der Waals surface area contributed by atoms with Gasteiger partial charge >= 0.3 is 10.1 Å². The van der Waals surface area contributed by atoms with Crippen molar-refractivity contribution in [1.82, 2.24) is 9.78 Å². The van der Waals surface area contributed by atoms with Crippen LogP contribution in [-0.4, -0.2) is 32.8 Å². The number of methoxy groups -OCH3 is 1. The van der Waals surface area contributed by atoms with Gasteiger partial charge in [0.15, 0.2) is 11.5 Å². The van der Waals surface area contributed by atoms with Gasteiger partial charge in [0.25, 0.3) is 5.91 Å². The smallest absolute Gasteiger partial charge is 0.372 e. The molecule has 6 nitrogen and oxygen atoms in total. The van der Waals surface area contributed by atoms with Crippen LogP contribution in [0.5, 0.6) is 0 Å². The molecule has 0 bridgehead atoms. The first kappa shape index (κ1) is 25.8. The van der Waals surface area contributed by atoms with Gasteiger partial charge in [0.2, 0.25) is 0 Å². The number of rotatable bonds is 6. The Morgan fingerprint density at radius 3 is 2.26 bits per heavy atom. The van der Waals surface area contributed by atoms with E-state index in [0.717, 1.165) is 4.68 Å². The number of nitriles is 1. The van der Waals surface area contributed by atoms with Gasteiger partial charge in [-0.05, 0) is 30.8 Å². The minimum Gasteiger partial charge on any atom is -0.372 e. The summed E-state index contributed by atoms with van der Waals surface area (Å²) in [6.07, 6.45) is -5.75. The number of benzene rings is 1. The Morgan fingerprint density at radius 1 is 1.29 bits per heavy atom. The summed E-state index contributed by atoms with van der Waals surface area (Å²) in [4.78, 5) is 12.0. The van der Waals surface area contributed by atoms with E-state index >= 15 is 0 Å². The highest BCUT2D eigenvalue weighted by molar-refractivity contribution is 8.03. The molecule has 2 rings (SSSR count). The lowest BCUT2D eigenvalue weighted by atomic mass is 10.2. The highest BCUT2D eigenvalue weighted by Crippen LogP contribution is 2.47. The van der Waals surface area contributed by atoms with Crippen molar-refractivity contribution < 1.29 is 27.1 Å². The Hall–Kier alpha value is -1.42. The highest BCUT2D eigenvalue weighted by atomic mass is 35.5. The van der Waals surface area contributed by atoms with Gasteiger partial charge in [0.1, 0.15) is 17.9 Å². The number of hydrogen-bond acceptors (Lipinski definition) is 5. The number of amides is 1. The maximum Gasteiger partial charge on any atom is 0.416 e. The first-order chi connectivity index (χ1) is 14.2. The van der Waals surface area contributed by atoms with Gasteiger partial charge in [0, 0.05) is 7.11 Å². The van der Waals surface area contributed by atoms with E-state index in [-0.39, 0.29) is 28.2 Å². The number of hydrogen-bond donors (Lipinski definition) is 1. The molecule has 0 aliphatic heterocycles. The molecular formula is C16H10Cl4F4N4O2S. The molecule has 0 fully saturated rings. The number of thioether (sulfide) groups is 1. The van der Waals surface area contributed by atoms with Crippen LogP contribution in [0, 0.1) is 11.3 Å². The van der Waals surface area contributed by atoms with Gasteiger partial charge < -0.3 is 10.1 Å². The largest absolute Gasteiger partial charge is 0.416 e. The molecule has 0 saturated heterocycles. The molecule has 1 N–H and O–H groups in total. The SMILES string of the molecule is COC(C)C(=O)Nc1c(SC(F)(Cl)Cl)c(C#N)nn1-c1c(Cl)cc(C(F)(F)F)cc1Cl. The lowest BCUT2D eigenvalue weighted by Crippen LogP contribution is -2.28. The van der Waals surface area contributed by atoms with E-state index in [4.69, 9.17) is 51.1 Å². The minimum atomic E-state index is -4.75. The molecule has 0 aliphatic rings. The molecule has 15 heteroatoms. The monoisotopic (exact) mass is 538 g/mol. The Labute approximate surface area is 197 Å². The van der Waals surface area contributed by atoms with Crippen LogP contribution in [0.25, 0.3) is 5.69 Å². The zero-order valence-electron chi connectivity index (χ0n) is 15.3. The second-order valence-electron chi connectivity index (χ2n) is 5.75. The van der Waals surface area contributed by atoms with Gasteiger partial charge in [-0.15, -0.1) is 0 Å². The summed E-state index contributed by atoms with van der Waals surface area (Å²) in [6.45, 7) is 1.38. The molecule has 1 aromatic carbocycles. The Balaban J connectivity index is 2.78. The zero-order chi connectivity index (χ0) is 23.7. The van der Waals surface area contributed by atoms with Gasteiger partial charge in [-0.25, -0.2) is 4.68 Å². The molecule has 168 valence electrons. The topological polar surface area (TPSA) is 79.9 Å². The molecule has 0 aliphatic carbocycles. The molecule has 0 radical (unpaired) electrons. The second kappa shape index (κ2) is 9.60. The van der Waals surface area contributed by atoms with Crippen molar-refractivity contribution in [2.45, 2.75) is 28.0 Å². The average Bonchev–Trinajstić information content (AvgIpc) is 2.95. The van der Waals surface area contributed by atoms with E-state index in [1.54, 1.807) is 6.07 Å². The number of alkyl halides is 6. The summed E-state index contributed by atoms with van der Waals surface area (Å²) < 4.78 is 55.8. The van der Waals surface area contributed by atoms with Crippen LogP contribution in [0.1, 0.15) is 18.2 Å². The fourth-order valence-corrected chi connectivity index (χ4v) is 3.98. The molecule has 1 atom stereocenters. The molecule has 1 amide bonds. The second-order valence-corrected chi connectivity index (χ2v) is 9.42. The number of nitrogens with zero attached hydrogens (tertiary/aromatic N) is 3. The number of ether oxygens (including phenoxy) is 1. The van der Waals surface area contributed by atoms with Crippen LogP contribution in [0.2, 0.25) is 10.0 Å². The quantitative estimate of drug-likeness (QED) is 0.269. The van der Waals surface area contributed by atoms with Crippen LogP contribution >= 0.6 is 58.2 Å². The van der Waals surface area contributed by atoms with Gasteiger partial charge in [-0.1, -0.05) is 46.4 Å². The summed E-state index contributed by atoms with van der Waals surface area (Å²) >= 11 is 22.9. The van der Waals surface area contributed by atoms with E-state index in [9.17, 15) is 27.6 Å². The Bertz CT molecular complexity index is 1030. The molecular weight excluding hydrogens is 530 g/mol. The number of aromatic nitrogens is 2.